The van der Waals surface area contributed by atoms with Crippen LogP contribution in [0.3, 0.4) is 0 Å². The van der Waals surface area contributed by atoms with Crippen LogP contribution in [0.1, 0.15) is 49.3 Å². The van der Waals surface area contributed by atoms with Crippen molar-refractivity contribution in [1.29, 1.82) is 0 Å². The lowest BCUT2D eigenvalue weighted by atomic mass is 10.1. The molecule has 0 bridgehead atoms. The predicted octanol–water partition coefficient (Wildman–Crippen LogP) is 0.454. The van der Waals surface area contributed by atoms with Gasteiger partial charge in [0, 0.05) is 19.5 Å². The van der Waals surface area contributed by atoms with Crippen molar-refractivity contribution in [3.05, 3.63) is 17.5 Å². The Kier molecular flexibility index (Phi) is 4.04. The predicted molar refractivity (Wildman–Crippen MR) is 80.3 cm³/mol. The maximum absolute atomic E-state index is 5.04. The van der Waals surface area contributed by atoms with Gasteiger partial charge in [-0.15, -0.1) is 5.10 Å². The fourth-order valence-corrected chi connectivity index (χ4v) is 3.14. The maximum atomic E-state index is 5.04. The fourth-order valence-electron chi connectivity index (χ4n) is 3.14. The van der Waals surface area contributed by atoms with Gasteiger partial charge in [0.2, 0.25) is 5.89 Å². The van der Waals surface area contributed by atoms with Crippen LogP contribution >= 0.6 is 0 Å². The molecule has 0 radical (unpaired) electrons. The van der Waals surface area contributed by atoms with Crippen LogP contribution in [0, 0.1) is 6.92 Å². The van der Waals surface area contributed by atoms with Crippen molar-refractivity contribution in [2.24, 2.45) is 0 Å². The number of aryl methyl sites for hydroxylation is 1. The van der Waals surface area contributed by atoms with Gasteiger partial charge in [0.05, 0.1) is 19.1 Å². The van der Waals surface area contributed by atoms with Gasteiger partial charge in [-0.1, -0.05) is 5.16 Å². The van der Waals surface area contributed by atoms with Gasteiger partial charge in [0.25, 0.3) is 0 Å². The smallest absolute Gasteiger partial charge is 0.223 e. The Labute approximate surface area is 134 Å². The molecule has 0 amide bonds. The second-order valence-electron chi connectivity index (χ2n) is 6.46. The summed E-state index contributed by atoms with van der Waals surface area (Å²) < 4.78 is 7.01. The number of hydrogen-bond acceptors (Lipinski definition) is 8. The van der Waals surface area contributed by atoms with E-state index in [1.807, 2.05) is 11.6 Å². The minimum absolute atomic E-state index is 0.445. The van der Waals surface area contributed by atoms with E-state index in [2.05, 4.69) is 35.9 Å². The lowest BCUT2D eigenvalue weighted by Crippen LogP contribution is -2.45. The molecule has 9 heteroatoms. The molecule has 1 N–H and O–H groups in total. The van der Waals surface area contributed by atoms with E-state index in [0.29, 0.717) is 18.0 Å². The Morgan fingerprint density at radius 1 is 1.30 bits per heavy atom. The van der Waals surface area contributed by atoms with Crippen LogP contribution < -0.4 is 5.32 Å². The van der Waals surface area contributed by atoms with E-state index >= 15 is 0 Å². The van der Waals surface area contributed by atoms with Crippen LogP contribution in [0.25, 0.3) is 0 Å². The van der Waals surface area contributed by atoms with Crippen LogP contribution in [-0.2, 0) is 13.1 Å². The van der Waals surface area contributed by atoms with Crippen molar-refractivity contribution < 1.29 is 4.52 Å². The van der Waals surface area contributed by atoms with Gasteiger partial charge in [0.15, 0.2) is 11.6 Å². The molecule has 0 spiro atoms. The summed E-state index contributed by atoms with van der Waals surface area (Å²) in [6, 6.07) is 0.965. The average molecular weight is 318 g/mol. The van der Waals surface area contributed by atoms with Crippen molar-refractivity contribution in [3.63, 3.8) is 0 Å². The van der Waals surface area contributed by atoms with E-state index in [1.165, 1.54) is 25.7 Å². The molecule has 3 heterocycles. The van der Waals surface area contributed by atoms with Gasteiger partial charge in [-0.3, -0.25) is 4.90 Å². The summed E-state index contributed by atoms with van der Waals surface area (Å²) >= 11 is 0. The van der Waals surface area contributed by atoms with Crippen molar-refractivity contribution in [2.45, 2.75) is 57.8 Å². The minimum atomic E-state index is 0.445. The third-order valence-electron chi connectivity index (χ3n) is 4.44. The first-order valence-corrected chi connectivity index (χ1v) is 8.29. The minimum Gasteiger partial charge on any atom is -0.340 e. The van der Waals surface area contributed by atoms with Gasteiger partial charge in [-0.2, -0.15) is 4.98 Å². The number of hydrogen-bond donors (Lipinski definition) is 1. The van der Waals surface area contributed by atoms with Crippen LogP contribution in [0.5, 0.6) is 0 Å². The average Bonchev–Trinajstić information content (AvgIpc) is 3.15. The van der Waals surface area contributed by atoms with E-state index in [0.717, 1.165) is 37.8 Å². The topological polar surface area (TPSA) is 97.8 Å². The van der Waals surface area contributed by atoms with Crippen LogP contribution in [-0.4, -0.2) is 54.4 Å². The number of nitrogens with zero attached hydrogens (tertiary/aromatic N) is 7. The maximum Gasteiger partial charge on any atom is 0.223 e. The zero-order valence-corrected chi connectivity index (χ0v) is 13.4. The Morgan fingerprint density at radius 3 is 3.00 bits per heavy atom. The van der Waals surface area contributed by atoms with Gasteiger partial charge < -0.3 is 9.84 Å². The van der Waals surface area contributed by atoms with Crippen molar-refractivity contribution in [2.75, 3.05) is 13.1 Å². The quantitative estimate of drug-likeness (QED) is 0.820. The Balaban J connectivity index is 1.29. The summed E-state index contributed by atoms with van der Waals surface area (Å²) in [6.45, 7) is 5.35. The zero-order chi connectivity index (χ0) is 15.6. The summed E-state index contributed by atoms with van der Waals surface area (Å²) in [5, 5.41) is 19.6. The van der Waals surface area contributed by atoms with E-state index in [9.17, 15) is 0 Å². The lowest BCUT2D eigenvalue weighted by molar-refractivity contribution is 0.176. The molecule has 23 heavy (non-hydrogen) atoms. The highest BCUT2D eigenvalue weighted by molar-refractivity contribution is 4.92. The highest BCUT2D eigenvalue weighted by Gasteiger charge is 2.28. The molecule has 4 rings (SSSR count). The number of piperidine rings is 1. The first-order valence-electron chi connectivity index (χ1n) is 8.29. The molecule has 1 atom stereocenters. The molecule has 0 aromatic carbocycles. The Hall–Kier alpha value is -1.87. The number of nitrogens with one attached hydrogen (secondary N) is 1. The van der Waals surface area contributed by atoms with Crippen molar-refractivity contribution >= 4 is 0 Å². The fraction of sp³-hybridized carbons (Fsp3) is 0.786. The van der Waals surface area contributed by atoms with Gasteiger partial charge in [0.1, 0.15) is 0 Å². The Bertz CT molecular complexity index is 649. The van der Waals surface area contributed by atoms with Gasteiger partial charge in [-0.05, 0) is 42.7 Å². The molecule has 1 aliphatic carbocycles. The monoisotopic (exact) mass is 318 g/mol. The van der Waals surface area contributed by atoms with Crippen molar-refractivity contribution in [1.82, 2.24) is 40.6 Å². The van der Waals surface area contributed by atoms with E-state index in [1.54, 1.807) is 0 Å². The second kappa shape index (κ2) is 6.32. The lowest BCUT2D eigenvalue weighted by Gasteiger charge is -2.32. The number of rotatable bonds is 6. The van der Waals surface area contributed by atoms with E-state index in [4.69, 9.17) is 4.52 Å². The second-order valence-corrected chi connectivity index (χ2v) is 6.46. The normalized spacial score (nSPS) is 22.6. The van der Waals surface area contributed by atoms with Gasteiger partial charge in [-0.25, -0.2) is 4.68 Å². The molecule has 9 nitrogen and oxygen atoms in total. The number of tetrazole rings is 1. The first-order chi connectivity index (χ1) is 11.3. The molecule has 2 fully saturated rings. The molecular weight excluding hydrogens is 296 g/mol. The molecule has 1 saturated carbocycles. The largest absolute Gasteiger partial charge is 0.340 e. The number of aromatic nitrogens is 6. The standard InChI is InChI=1S/C14H22N8O/c1-10-16-13(18-23-10)9-21-6-2-3-11(8-21)15-7-14-17-19-20-22(14)12-4-5-12/h11-12,15H,2-9H2,1H3. The van der Waals surface area contributed by atoms with Crippen LogP contribution in [0.15, 0.2) is 4.52 Å². The highest BCUT2D eigenvalue weighted by atomic mass is 16.5. The first kappa shape index (κ1) is 14.7. The Morgan fingerprint density at radius 2 is 2.22 bits per heavy atom. The summed E-state index contributed by atoms with van der Waals surface area (Å²) in [6.07, 6.45) is 4.73. The van der Waals surface area contributed by atoms with E-state index < -0.39 is 0 Å². The summed E-state index contributed by atoms with van der Waals surface area (Å²) in [7, 11) is 0. The third-order valence-corrected chi connectivity index (χ3v) is 4.44. The molecule has 2 aromatic rings. The third kappa shape index (κ3) is 3.56. The number of likely N-dealkylation sites (tertiary alicyclic amines) is 1. The SMILES string of the molecule is Cc1nc(CN2CCCC(NCc3nnnn3C3CC3)C2)no1. The molecule has 1 saturated heterocycles. The molecule has 1 unspecified atom stereocenters. The van der Waals surface area contributed by atoms with Crippen LogP contribution in [0.2, 0.25) is 0 Å². The highest BCUT2D eigenvalue weighted by Crippen LogP contribution is 2.34. The molecule has 2 aromatic heterocycles. The molecule has 1 aliphatic heterocycles. The van der Waals surface area contributed by atoms with Crippen LogP contribution in [0.4, 0.5) is 0 Å². The molecule has 124 valence electrons. The zero-order valence-electron chi connectivity index (χ0n) is 13.4. The summed E-state index contributed by atoms with van der Waals surface area (Å²) in [5.74, 6) is 2.33. The summed E-state index contributed by atoms with van der Waals surface area (Å²) in [5.41, 5.74) is 0. The van der Waals surface area contributed by atoms with Gasteiger partial charge >= 0.3 is 0 Å². The summed E-state index contributed by atoms with van der Waals surface area (Å²) in [4.78, 5) is 6.66. The molecular formula is C14H22N8O. The molecule has 2 aliphatic rings. The van der Waals surface area contributed by atoms with E-state index in [-0.39, 0.29) is 0 Å². The van der Waals surface area contributed by atoms with Crippen molar-refractivity contribution in [3.8, 4) is 0 Å².